The third-order valence-corrected chi connectivity index (χ3v) is 2.57. The lowest BCUT2D eigenvalue weighted by Gasteiger charge is -2.14. The normalized spacial score (nSPS) is 16.5. The molecule has 4 N–H and O–H groups in total. The molecule has 0 saturated heterocycles. The van der Waals surface area contributed by atoms with E-state index in [1.54, 1.807) is 5.01 Å². The maximum absolute atomic E-state index is 5.87. The van der Waals surface area contributed by atoms with Crippen molar-refractivity contribution in [2.24, 2.45) is 17.5 Å². The van der Waals surface area contributed by atoms with Gasteiger partial charge in [-0.3, -0.25) is 0 Å². The third kappa shape index (κ3) is 2.99. The summed E-state index contributed by atoms with van der Waals surface area (Å²) in [6.07, 6.45) is 4.27. The van der Waals surface area contributed by atoms with Crippen LogP contribution in [0.1, 0.15) is 18.4 Å². The van der Waals surface area contributed by atoms with Crippen LogP contribution in [0.2, 0.25) is 0 Å². The van der Waals surface area contributed by atoms with Gasteiger partial charge >= 0.3 is 0 Å². The van der Waals surface area contributed by atoms with Gasteiger partial charge in [-0.1, -0.05) is 30.3 Å². The van der Waals surface area contributed by atoms with Crippen LogP contribution in [-0.2, 0) is 6.54 Å². The fraction of sp³-hybridized carbons (Fsp3) is 0.333. The van der Waals surface area contributed by atoms with Gasteiger partial charge in [-0.05, 0) is 18.4 Å². The second kappa shape index (κ2) is 4.36. The Morgan fingerprint density at radius 3 is 2.60 bits per heavy atom. The molecule has 0 heterocycles. The molecular weight excluding hydrogens is 186 g/mol. The van der Waals surface area contributed by atoms with Gasteiger partial charge in [-0.2, -0.15) is 0 Å². The van der Waals surface area contributed by atoms with Crippen LogP contribution in [-0.4, -0.2) is 5.01 Å². The topological polar surface area (TPSA) is 55.3 Å². The molecule has 0 spiro atoms. The summed E-state index contributed by atoms with van der Waals surface area (Å²) >= 11 is 0. The summed E-state index contributed by atoms with van der Waals surface area (Å²) < 4.78 is 0. The van der Waals surface area contributed by atoms with E-state index in [0.717, 1.165) is 5.70 Å². The maximum Gasteiger partial charge on any atom is 0.0586 e. The van der Waals surface area contributed by atoms with Gasteiger partial charge in [0.1, 0.15) is 0 Å². The summed E-state index contributed by atoms with van der Waals surface area (Å²) in [5.74, 6) is 6.42. The Hall–Kier alpha value is -1.48. The van der Waals surface area contributed by atoms with Crippen molar-refractivity contribution in [2.45, 2.75) is 19.4 Å². The van der Waals surface area contributed by atoms with Gasteiger partial charge in [-0.15, -0.1) is 0 Å². The Kier molecular flexibility index (Phi) is 2.92. The summed E-state index contributed by atoms with van der Waals surface area (Å²) in [4.78, 5) is 0. The SMILES string of the molecule is N/C(=C\N(N)Cc1ccccc1)C1CC1. The van der Waals surface area contributed by atoms with Crippen LogP contribution in [0.4, 0.5) is 0 Å². The average molecular weight is 203 g/mol. The van der Waals surface area contributed by atoms with Crippen molar-refractivity contribution in [3.8, 4) is 0 Å². The predicted molar refractivity (Wildman–Crippen MR) is 61.2 cm³/mol. The Bertz CT molecular complexity index is 341. The van der Waals surface area contributed by atoms with Crippen molar-refractivity contribution in [3.05, 3.63) is 47.8 Å². The van der Waals surface area contributed by atoms with Gasteiger partial charge in [0, 0.05) is 17.8 Å². The molecule has 80 valence electrons. The van der Waals surface area contributed by atoms with Crippen LogP contribution >= 0.6 is 0 Å². The lowest BCUT2D eigenvalue weighted by Crippen LogP contribution is -2.26. The summed E-state index contributed by atoms with van der Waals surface area (Å²) in [6.45, 7) is 0.703. The van der Waals surface area contributed by atoms with Crippen molar-refractivity contribution in [3.63, 3.8) is 0 Å². The van der Waals surface area contributed by atoms with Crippen LogP contribution in [0, 0.1) is 5.92 Å². The molecular formula is C12H17N3. The van der Waals surface area contributed by atoms with Crippen LogP contribution in [0.25, 0.3) is 0 Å². The molecule has 0 radical (unpaired) electrons. The summed E-state index contributed by atoms with van der Waals surface area (Å²) in [6, 6.07) is 10.1. The molecule has 1 aliphatic carbocycles. The fourth-order valence-electron chi connectivity index (χ4n) is 1.55. The predicted octanol–water partition coefficient (Wildman–Crippen LogP) is 1.57. The molecule has 3 heteroatoms. The highest BCUT2D eigenvalue weighted by Crippen LogP contribution is 2.33. The quantitative estimate of drug-likeness (QED) is 0.577. The van der Waals surface area contributed by atoms with E-state index in [2.05, 4.69) is 12.1 Å². The van der Waals surface area contributed by atoms with E-state index >= 15 is 0 Å². The Balaban J connectivity index is 1.92. The monoisotopic (exact) mass is 203 g/mol. The molecule has 1 fully saturated rings. The first-order valence-corrected chi connectivity index (χ1v) is 5.28. The fourth-order valence-corrected chi connectivity index (χ4v) is 1.55. The zero-order valence-electron chi connectivity index (χ0n) is 8.76. The average Bonchev–Trinajstić information content (AvgIpc) is 3.01. The van der Waals surface area contributed by atoms with Crippen molar-refractivity contribution < 1.29 is 0 Å². The number of hydrogen-bond donors (Lipinski definition) is 2. The minimum Gasteiger partial charge on any atom is -0.401 e. The summed E-state index contributed by atoms with van der Waals surface area (Å²) in [7, 11) is 0. The van der Waals surface area contributed by atoms with Gasteiger partial charge < -0.3 is 10.7 Å². The molecule has 0 aromatic heterocycles. The zero-order chi connectivity index (χ0) is 10.7. The molecule has 2 rings (SSSR count). The first-order valence-electron chi connectivity index (χ1n) is 5.28. The second-order valence-corrected chi connectivity index (χ2v) is 4.06. The molecule has 0 amide bonds. The Morgan fingerprint density at radius 2 is 2.00 bits per heavy atom. The number of hydrazine groups is 1. The van der Waals surface area contributed by atoms with E-state index in [1.165, 1.54) is 18.4 Å². The molecule has 0 unspecified atom stereocenters. The number of rotatable bonds is 4. The number of nitrogens with zero attached hydrogens (tertiary/aromatic N) is 1. The highest BCUT2D eigenvalue weighted by molar-refractivity contribution is 5.15. The zero-order valence-corrected chi connectivity index (χ0v) is 8.76. The smallest absolute Gasteiger partial charge is 0.0586 e. The molecule has 1 aromatic carbocycles. The van der Waals surface area contributed by atoms with Crippen molar-refractivity contribution in [1.29, 1.82) is 0 Å². The molecule has 1 saturated carbocycles. The summed E-state index contributed by atoms with van der Waals surface area (Å²) in [5.41, 5.74) is 7.98. The van der Waals surface area contributed by atoms with Gasteiger partial charge in [0.05, 0.1) is 6.54 Å². The van der Waals surface area contributed by atoms with Crippen LogP contribution in [0.3, 0.4) is 0 Å². The molecule has 0 atom stereocenters. The van der Waals surface area contributed by atoms with Crippen LogP contribution in [0.15, 0.2) is 42.2 Å². The number of benzene rings is 1. The van der Waals surface area contributed by atoms with Crippen molar-refractivity contribution in [2.75, 3.05) is 0 Å². The molecule has 0 bridgehead atoms. The molecule has 0 aliphatic heterocycles. The lowest BCUT2D eigenvalue weighted by molar-refractivity contribution is 0.381. The van der Waals surface area contributed by atoms with Gasteiger partial charge in [0.25, 0.3) is 0 Å². The first kappa shape index (κ1) is 10.1. The van der Waals surface area contributed by atoms with E-state index < -0.39 is 0 Å². The largest absolute Gasteiger partial charge is 0.401 e. The van der Waals surface area contributed by atoms with E-state index in [1.807, 2.05) is 24.4 Å². The van der Waals surface area contributed by atoms with Crippen molar-refractivity contribution >= 4 is 0 Å². The Morgan fingerprint density at radius 1 is 1.33 bits per heavy atom. The molecule has 3 nitrogen and oxygen atoms in total. The molecule has 15 heavy (non-hydrogen) atoms. The highest BCUT2D eigenvalue weighted by Gasteiger charge is 2.24. The minimum atomic E-state index is 0.576. The Labute approximate surface area is 90.3 Å². The maximum atomic E-state index is 5.87. The van der Waals surface area contributed by atoms with E-state index in [4.69, 9.17) is 11.6 Å². The number of hydrogen-bond acceptors (Lipinski definition) is 3. The molecule has 1 aliphatic rings. The second-order valence-electron chi connectivity index (χ2n) is 4.06. The van der Waals surface area contributed by atoms with Gasteiger partial charge in [0.2, 0.25) is 0 Å². The van der Waals surface area contributed by atoms with Crippen LogP contribution in [0.5, 0.6) is 0 Å². The molecule has 1 aromatic rings. The van der Waals surface area contributed by atoms with E-state index in [0.29, 0.717) is 12.5 Å². The number of allylic oxidation sites excluding steroid dienone is 1. The van der Waals surface area contributed by atoms with Gasteiger partial charge in [0.15, 0.2) is 0 Å². The summed E-state index contributed by atoms with van der Waals surface area (Å²) in [5, 5.41) is 1.66. The standard InChI is InChI=1S/C12H17N3/c13-12(11-6-7-11)9-15(14)8-10-4-2-1-3-5-10/h1-5,9,11H,6-8,13-14H2/b12-9-. The minimum absolute atomic E-state index is 0.576. The van der Waals surface area contributed by atoms with E-state index in [-0.39, 0.29) is 0 Å². The number of nitrogens with two attached hydrogens (primary N) is 2. The van der Waals surface area contributed by atoms with E-state index in [9.17, 15) is 0 Å². The lowest BCUT2D eigenvalue weighted by atomic mass is 10.2. The third-order valence-electron chi connectivity index (χ3n) is 2.57. The highest BCUT2D eigenvalue weighted by atomic mass is 15.4. The van der Waals surface area contributed by atoms with Crippen molar-refractivity contribution in [1.82, 2.24) is 5.01 Å². The first-order chi connectivity index (χ1) is 7.25. The van der Waals surface area contributed by atoms with Gasteiger partial charge in [-0.25, -0.2) is 5.84 Å². The van der Waals surface area contributed by atoms with Crippen LogP contribution < -0.4 is 11.6 Å².